The smallest absolute Gasteiger partial charge is 0.274 e. The predicted octanol–water partition coefficient (Wildman–Crippen LogP) is 0.996. The molecule has 1 saturated heterocycles. The maximum absolute atomic E-state index is 11.4. The topological polar surface area (TPSA) is 119 Å². The summed E-state index contributed by atoms with van der Waals surface area (Å²) in [6, 6.07) is 4.40. The highest BCUT2D eigenvalue weighted by Crippen LogP contribution is 2.27. The molecule has 3 rings (SSSR count). The molecule has 140 valence electrons. The van der Waals surface area contributed by atoms with E-state index in [9.17, 15) is 14.9 Å². The third-order valence-electron chi connectivity index (χ3n) is 4.45. The van der Waals surface area contributed by atoms with Crippen LogP contribution in [0.5, 0.6) is 0 Å². The molecular weight excluding hydrogens is 360 g/mol. The van der Waals surface area contributed by atoms with Crippen LogP contribution in [0.3, 0.4) is 0 Å². The van der Waals surface area contributed by atoms with E-state index in [1.807, 2.05) is 17.8 Å². The molecule has 1 aromatic carbocycles. The molecule has 1 aliphatic rings. The van der Waals surface area contributed by atoms with Crippen LogP contribution in [-0.2, 0) is 13.6 Å². The summed E-state index contributed by atoms with van der Waals surface area (Å²) < 4.78 is 1.95. The molecule has 10 heteroatoms. The van der Waals surface area contributed by atoms with E-state index in [0.717, 1.165) is 25.5 Å². The van der Waals surface area contributed by atoms with E-state index < -0.39 is 10.8 Å². The summed E-state index contributed by atoms with van der Waals surface area (Å²) in [5.41, 5.74) is 5.83. The molecule has 3 N–H and O–H groups in total. The molecule has 0 spiro atoms. The van der Waals surface area contributed by atoms with Crippen molar-refractivity contribution >= 4 is 24.0 Å². The van der Waals surface area contributed by atoms with Gasteiger partial charge in [-0.25, -0.2) is 4.98 Å². The van der Waals surface area contributed by atoms with Gasteiger partial charge in [-0.3, -0.25) is 19.8 Å². The van der Waals surface area contributed by atoms with Crippen molar-refractivity contribution in [3.8, 4) is 0 Å². The second kappa shape index (κ2) is 8.26. The molecule has 1 aliphatic heterocycles. The fourth-order valence-electron chi connectivity index (χ4n) is 3.13. The maximum Gasteiger partial charge on any atom is 0.274 e. The van der Waals surface area contributed by atoms with Crippen LogP contribution in [0.4, 0.5) is 5.69 Å². The number of carbonyl (C=O) groups is 1. The Hall–Kier alpha value is -2.49. The minimum Gasteiger partial charge on any atom is -0.366 e. The average Bonchev–Trinajstić information content (AvgIpc) is 3.01. The Labute approximate surface area is 156 Å². The van der Waals surface area contributed by atoms with Crippen LogP contribution in [-0.4, -0.2) is 44.9 Å². The van der Waals surface area contributed by atoms with Crippen LogP contribution in [0.2, 0.25) is 0 Å². The summed E-state index contributed by atoms with van der Waals surface area (Å²) in [5.74, 6) is 0.228. The molecular formula is C16H21ClN6O3. The number of nitro groups is 1. The Kier molecular flexibility index (Phi) is 6.30. The summed E-state index contributed by atoms with van der Waals surface area (Å²) in [7, 11) is 1.93. The lowest BCUT2D eigenvalue weighted by molar-refractivity contribution is -0.385. The van der Waals surface area contributed by atoms with Gasteiger partial charge in [0, 0.05) is 62.8 Å². The minimum atomic E-state index is -0.678. The number of rotatable bonds is 5. The number of nitrogens with two attached hydrogens (primary N) is 1. The fourth-order valence-corrected chi connectivity index (χ4v) is 3.13. The van der Waals surface area contributed by atoms with E-state index >= 15 is 0 Å². The highest BCUT2D eigenvalue weighted by Gasteiger charge is 2.28. The highest BCUT2D eigenvalue weighted by molar-refractivity contribution is 5.93. The lowest BCUT2D eigenvalue weighted by Crippen LogP contribution is -2.46. The standard InChI is InChI=1S/C16H20N6O3.ClH/c1-20-6-5-19-16(20)14-9-18-4-7-21(14)10-12-3-2-11(15(17)23)8-13(12)22(24)25;/h2-3,5-6,8,14,18H,4,7,9-10H2,1H3,(H2,17,23);1H. The second-order valence-corrected chi connectivity index (χ2v) is 6.05. The molecule has 26 heavy (non-hydrogen) atoms. The van der Waals surface area contributed by atoms with Crippen LogP contribution in [0, 0.1) is 10.1 Å². The number of hydrogen-bond donors (Lipinski definition) is 2. The normalized spacial score (nSPS) is 17.5. The summed E-state index contributed by atoms with van der Waals surface area (Å²) in [4.78, 5) is 28.8. The van der Waals surface area contributed by atoms with Crippen molar-refractivity contribution < 1.29 is 9.72 Å². The monoisotopic (exact) mass is 380 g/mol. The van der Waals surface area contributed by atoms with Crippen LogP contribution < -0.4 is 11.1 Å². The van der Waals surface area contributed by atoms with E-state index in [2.05, 4.69) is 15.2 Å². The summed E-state index contributed by atoms with van der Waals surface area (Å²) in [6.45, 7) is 2.66. The van der Waals surface area contributed by atoms with Crippen LogP contribution in [0.25, 0.3) is 0 Å². The zero-order valence-electron chi connectivity index (χ0n) is 14.3. The Morgan fingerprint density at radius 2 is 2.27 bits per heavy atom. The van der Waals surface area contributed by atoms with E-state index in [0.29, 0.717) is 12.1 Å². The quantitative estimate of drug-likeness (QED) is 0.589. The van der Waals surface area contributed by atoms with Crippen molar-refractivity contribution in [2.75, 3.05) is 19.6 Å². The lowest BCUT2D eigenvalue weighted by Gasteiger charge is -2.35. The number of nitrogens with one attached hydrogen (secondary N) is 1. The number of carbonyl (C=O) groups excluding carboxylic acids is 1. The van der Waals surface area contributed by atoms with Crippen LogP contribution in [0.1, 0.15) is 27.8 Å². The number of piperazine rings is 1. The zero-order chi connectivity index (χ0) is 18.0. The predicted molar refractivity (Wildman–Crippen MR) is 98.1 cm³/mol. The third-order valence-corrected chi connectivity index (χ3v) is 4.45. The number of benzene rings is 1. The SMILES string of the molecule is Cl.Cn1ccnc1C1CNCCN1Cc1ccc(C(N)=O)cc1[N+](=O)[O-]. The van der Waals surface area contributed by atoms with Crippen LogP contribution in [0.15, 0.2) is 30.6 Å². The number of hydrogen-bond acceptors (Lipinski definition) is 6. The van der Waals surface area contributed by atoms with Gasteiger partial charge in [-0.05, 0) is 6.07 Å². The zero-order valence-corrected chi connectivity index (χ0v) is 15.1. The molecule has 1 aromatic heterocycles. The largest absolute Gasteiger partial charge is 0.366 e. The minimum absolute atomic E-state index is 0. The van der Waals surface area contributed by atoms with Gasteiger partial charge in [-0.1, -0.05) is 6.07 Å². The number of amides is 1. The van der Waals surface area contributed by atoms with Gasteiger partial charge in [-0.15, -0.1) is 12.4 Å². The molecule has 0 bridgehead atoms. The second-order valence-electron chi connectivity index (χ2n) is 6.05. The first-order valence-corrected chi connectivity index (χ1v) is 7.96. The molecule has 1 atom stereocenters. The van der Waals surface area contributed by atoms with Crippen molar-refractivity contribution in [2.24, 2.45) is 12.8 Å². The number of primary amides is 1. The Balaban J connectivity index is 0.00000243. The summed E-state index contributed by atoms with van der Waals surface area (Å²) >= 11 is 0. The van der Waals surface area contributed by atoms with E-state index in [1.54, 1.807) is 12.3 Å². The molecule has 9 nitrogen and oxygen atoms in total. The van der Waals surface area contributed by atoms with Crippen molar-refractivity contribution in [1.29, 1.82) is 0 Å². The van der Waals surface area contributed by atoms with Gasteiger partial charge in [0.05, 0.1) is 11.0 Å². The van der Waals surface area contributed by atoms with Gasteiger partial charge < -0.3 is 15.6 Å². The van der Waals surface area contributed by atoms with Gasteiger partial charge >= 0.3 is 0 Å². The van der Waals surface area contributed by atoms with Crippen molar-refractivity contribution in [1.82, 2.24) is 19.8 Å². The fraction of sp³-hybridized carbons (Fsp3) is 0.375. The first-order chi connectivity index (χ1) is 12.0. The van der Waals surface area contributed by atoms with Gasteiger partial charge in [-0.2, -0.15) is 0 Å². The van der Waals surface area contributed by atoms with Crippen molar-refractivity contribution in [3.63, 3.8) is 0 Å². The third kappa shape index (κ3) is 4.01. The van der Waals surface area contributed by atoms with E-state index in [4.69, 9.17) is 5.73 Å². The number of imidazole rings is 1. The number of nitro benzene ring substituents is 1. The molecule has 0 saturated carbocycles. The van der Waals surface area contributed by atoms with Gasteiger partial charge in [0.2, 0.25) is 5.91 Å². The number of halogens is 1. The number of aromatic nitrogens is 2. The summed E-state index contributed by atoms with van der Waals surface area (Å²) in [6.07, 6.45) is 3.62. The Morgan fingerprint density at radius 3 is 2.88 bits per heavy atom. The molecule has 2 heterocycles. The van der Waals surface area contributed by atoms with E-state index in [-0.39, 0.29) is 29.7 Å². The molecule has 1 fully saturated rings. The maximum atomic E-state index is 11.4. The average molecular weight is 381 g/mol. The van der Waals surface area contributed by atoms with Gasteiger partial charge in [0.1, 0.15) is 5.82 Å². The van der Waals surface area contributed by atoms with Crippen molar-refractivity contribution in [2.45, 2.75) is 12.6 Å². The molecule has 1 amide bonds. The Morgan fingerprint density at radius 1 is 1.50 bits per heavy atom. The van der Waals surface area contributed by atoms with Gasteiger partial charge in [0.15, 0.2) is 0 Å². The van der Waals surface area contributed by atoms with E-state index in [1.165, 1.54) is 12.1 Å². The molecule has 0 aliphatic carbocycles. The first-order valence-electron chi connectivity index (χ1n) is 7.96. The number of nitrogens with zero attached hydrogens (tertiary/aromatic N) is 4. The molecule has 2 aromatic rings. The van der Waals surface area contributed by atoms with Crippen LogP contribution >= 0.6 is 12.4 Å². The van der Waals surface area contributed by atoms with Gasteiger partial charge in [0.25, 0.3) is 5.69 Å². The highest BCUT2D eigenvalue weighted by atomic mass is 35.5. The summed E-state index contributed by atoms with van der Waals surface area (Å²) in [5, 5.41) is 14.7. The Bertz CT molecular complexity index is 809. The first kappa shape index (κ1) is 19.8. The lowest BCUT2D eigenvalue weighted by atomic mass is 10.1. The molecule has 0 radical (unpaired) electrons. The molecule has 1 unspecified atom stereocenters. The van der Waals surface area contributed by atoms with Crippen molar-refractivity contribution in [3.05, 3.63) is 57.7 Å². The number of aryl methyl sites for hydroxylation is 1.